The number of rotatable bonds is 4. The van der Waals surface area contributed by atoms with Crippen LogP contribution in [0.3, 0.4) is 0 Å². The van der Waals surface area contributed by atoms with Crippen molar-refractivity contribution in [2.75, 3.05) is 52.4 Å². The minimum Gasteiger partial charge on any atom is -0.375 e. The van der Waals surface area contributed by atoms with Crippen LogP contribution in [0.1, 0.15) is 49.9 Å². The fraction of sp³-hybridized carbons (Fsp3) is 0.739. The molecular formula is C23H36N4O2. The fourth-order valence-corrected chi connectivity index (χ4v) is 5.28. The van der Waals surface area contributed by atoms with Crippen LogP contribution in [0.5, 0.6) is 0 Å². The van der Waals surface area contributed by atoms with Crippen LogP contribution in [0.25, 0.3) is 0 Å². The van der Waals surface area contributed by atoms with Gasteiger partial charge in [-0.15, -0.1) is 0 Å². The van der Waals surface area contributed by atoms with Gasteiger partial charge in [0.05, 0.1) is 11.2 Å². The Labute approximate surface area is 175 Å². The Bertz CT molecular complexity index is 665. The quantitative estimate of drug-likeness (QED) is 0.777. The molecule has 4 heterocycles. The first-order chi connectivity index (χ1) is 14.0. The van der Waals surface area contributed by atoms with Crippen molar-refractivity contribution in [3.8, 4) is 0 Å². The van der Waals surface area contributed by atoms with Crippen LogP contribution in [0.15, 0.2) is 24.5 Å². The zero-order valence-corrected chi connectivity index (χ0v) is 18.1. The topological polar surface area (TPSA) is 48.9 Å². The van der Waals surface area contributed by atoms with Gasteiger partial charge in [-0.25, -0.2) is 0 Å². The van der Waals surface area contributed by atoms with Crippen molar-refractivity contribution >= 4 is 5.91 Å². The van der Waals surface area contributed by atoms with Crippen LogP contribution in [0.4, 0.5) is 0 Å². The van der Waals surface area contributed by atoms with Crippen molar-refractivity contribution in [2.45, 2.75) is 51.2 Å². The molecule has 1 aromatic heterocycles. The number of carbonyl (C=O) groups is 1. The highest BCUT2D eigenvalue weighted by Crippen LogP contribution is 2.37. The second-order valence-electron chi connectivity index (χ2n) is 9.44. The van der Waals surface area contributed by atoms with E-state index in [9.17, 15) is 4.79 Å². The van der Waals surface area contributed by atoms with Crippen molar-refractivity contribution in [1.29, 1.82) is 0 Å². The average Bonchev–Trinajstić information content (AvgIpc) is 2.75. The first-order valence-corrected chi connectivity index (χ1v) is 11.3. The van der Waals surface area contributed by atoms with E-state index in [1.165, 1.54) is 32.7 Å². The number of aromatic nitrogens is 1. The molecule has 29 heavy (non-hydrogen) atoms. The molecule has 0 aliphatic carbocycles. The maximum atomic E-state index is 12.7. The number of ether oxygens (including phenoxy) is 1. The molecule has 0 bridgehead atoms. The maximum Gasteiger partial charge on any atom is 0.255 e. The molecule has 6 nitrogen and oxygen atoms in total. The normalized spacial score (nSPS) is 26.2. The first kappa shape index (κ1) is 20.8. The summed E-state index contributed by atoms with van der Waals surface area (Å²) >= 11 is 0. The van der Waals surface area contributed by atoms with Crippen molar-refractivity contribution < 1.29 is 9.53 Å². The third-order valence-corrected chi connectivity index (χ3v) is 6.88. The van der Waals surface area contributed by atoms with Crippen molar-refractivity contribution in [1.82, 2.24) is 19.7 Å². The molecule has 1 spiro atoms. The van der Waals surface area contributed by atoms with E-state index in [-0.39, 0.29) is 11.5 Å². The minimum absolute atomic E-state index is 0.0380. The lowest BCUT2D eigenvalue weighted by Crippen LogP contribution is -2.57. The van der Waals surface area contributed by atoms with Gasteiger partial charge in [-0.1, -0.05) is 13.8 Å². The van der Waals surface area contributed by atoms with Gasteiger partial charge in [0.2, 0.25) is 0 Å². The Hall–Kier alpha value is -1.50. The summed E-state index contributed by atoms with van der Waals surface area (Å²) in [6.45, 7) is 13.0. The number of carbonyl (C=O) groups excluding carboxylic acids is 1. The molecule has 0 radical (unpaired) electrons. The van der Waals surface area contributed by atoms with E-state index >= 15 is 0 Å². The molecule has 3 aliphatic rings. The summed E-state index contributed by atoms with van der Waals surface area (Å²) < 4.78 is 6.35. The van der Waals surface area contributed by atoms with Crippen LogP contribution < -0.4 is 0 Å². The number of piperidine rings is 1. The van der Waals surface area contributed by atoms with Crippen LogP contribution >= 0.6 is 0 Å². The number of piperazine rings is 1. The van der Waals surface area contributed by atoms with Gasteiger partial charge in [-0.05, 0) is 43.7 Å². The molecule has 3 fully saturated rings. The number of likely N-dealkylation sites (tertiary alicyclic amines) is 1. The summed E-state index contributed by atoms with van der Waals surface area (Å²) in [6, 6.07) is 4.31. The lowest BCUT2D eigenvalue weighted by molar-refractivity contribution is -0.132. The van der Waals surface area contributed by atoms with E-state index in [0.717, 1.165) is 51.3 Å². The number of hydrogen-bond donors (Lipinski definition) is 0. The second kappa shape index (κ2) is 9.11. The van der Waals surface area contributed by atoms with Crippen LogP contribution in [0.2, 0.25) is 0 Å². The molecule has 6 heteroatoms. The molecule has 1 aromatic rings. The molecule has 1 amide bonds. The lowest BCUT2D eigenvalue weighted by atomic mass is 9.81. The Morgan fingerprint density at radius 2 is 1.97 bits per heavy atom. The number of pyridine rings is 1. The van der Waals surface area contributed by atoms with Gasteiger partial charge in [-0.3, -0.25) is 14.7 Å². The standard InChI is InChI=1S/C23H36N4O2/c1-19(2)18-25-11-13-26(14-12-25)21-5-15-29-23(16-21)6-9-27(10-7-23)22(28)20-4-3-8-24-17-20/h3-4,8,17,19,21H,5-7,9-16,18H2,1-2H3/t21-/m1/s1. The largest absolute Gasteiger partial charge is 0.375 e. The van der Waals surface area contributed by atoms with E-state index in [0.29, 0.717) is 11.6 Å². The predicted octanol–water partition coefficient (Wildman–Crippen LogP) is 2.51. The Morgan fingerprint density at radius 1 is 1.21 bits per heavy atom. The molecule has 0 saturated carbocycles. The van der Waals surface area contributed by atoms with E-state index < -0.39 is 0 Å². The highest BCUT2D eigenvalue weighted by molar-refractivity contribution is 5.93. The highest BCUT2D eigenvalue weighted by atomic mass is 16.5. The number of nitrogens with zero attached hydrogens (tertiary/aromatic N) is 4. The monoisotopic (exact) mass is 400 g/mol. The zero-order valence-electron chi connectivity index (χ0n) is 18.1. The SMILES string of the molecule is CC(C)CN1CCN([C@@H]2CCOC3(CCN(C(=O)c4cccnc4)CC3)C2)CC1. The smallest absolute Gasteiger partial charge is 0.255 e. The molecule has 0 aromatic carbocycles. The molecule has 160 valence electrons. The summed E-state index contributed by atoms with van der Waals surface area (Å²) in [5.74, 6) is 0.842. The summed E-state index contributed by atoms with van der Waals surface area (Å²) in [5, 5.41) is 0. The van der Waals surface area contributed by atoms with E-state index in [1.807, 2.05) is 17.0 Å². The van der Waals surface area contributed by atoms with Gasteiger partial charge in [0.25, 0.3) is 5.91 Å². The zero-order chi connectivity index (χ0) is 20.3. The van der Waals surface area contributed by atoms with Crippen LogP contribution in [-0.2, 0) is 4.74 Å². The molecule has 1 atom stereocenters. The van der Waals surface area contributed by atoms with Crippen molar-refractivity contribution in [3.05, 3.63) is 30.1 Å². The van der Waals surface area contributed by atoms with E-state index in [1.54, 1.807) is 12.4 Å². The first-order valence-electron chi connectivity index (χ1n) is 11.3. The highest BCUT2D eigenvalue weighted by Gasteiger charge is 2.43. The van der Waals surface area contributed by atoms with E-state index in [2.05, 4.69) is 28.6 Å². The molecule has 0 N–H and O–H groups in total. The van der Waals surface area contributed by atoms with Crippen LogP contribution in [-0.4, -0.2) is 89.7 Å². The van der Waals surface area contributed by atoms with Crippen LogP contribution in [0, 0.1) is 5.92 Å². The molecular weight excluding hydrogens is 364 g/mol. The van der Waals surface area contributed by atoms with Gasteiger partial charge in [0.15, 0.2) is 0 Å². The van der Waals surface area contributed by atoms with Gasteiger partial charge >= 0.3 is 0 Å². The fourth-order valence-electron chi connectivity index (χ4n) is 5.28. The van der Waals surface area contributed by atoms with Gasteiger partial charge in [0, 0.05) is 70.9 Å². The van der Waals surface area contributed by atoms with Crippen molar-refractivity contribution in [2.24, 2.45) is 5.92 Å². The van der Waals surface area contributed by atoms with Crippen molar-refractivity contribution in [3.63, 3.8) is 0 Å². The second-order valence-corrected chi connectivity index (χ2v) is 9.44. The van der Waals surface area contributed by atoms with Gasteiger partial charge < -0.3 is 14.5 Å². The van der Waals surface area contributed by atoms with Gasteiger partial charge in [-0.2, -0.15) is 0 Å². The molecule has 3 saturated heterocycles. The Balaban J connectivity index is 1.29. The molecule has 4 rings (SSSR count). The third-order valence-electron chi connectivity index (χ3n) is 6.88. The number of hydrogen-bond acceptors (Lipinski definition) is 5. The Morgan fingerprint density at radius 3 is 2.62 bits per heavy atom. The minimum atomic E-state index is -0.0380. The number of amides is 1. The van der Waals surface area contributed by atoms with Gasteiger partial charge in [0.1, 0.15) is 0 Å². The maximum absolute atomic E-state index is 12.7. The summed E-state index contributed by atoms with van der Waals surface area (Å²) in [6.07, 6.45) is 7.53. The molecule has 0 unspecified atom stereocenters. The van der Waals surface area contributed by atoms with E-state index in [4.69, 9.17) is 4.74 Å². The Kier molecular flexibility index (Phi) is 6.52. The summed E-state index contributed by atoms with van der Waals surface area (Å²) in [5.41, 5.74) is 0.647. The third kappa shape index (κ3) is 4.98. The lowest BCUT2D eigenvalue weighted by Gasteiger charge is -2.49. The molecule has 3 aliphatic heterocycles. The average molecular weight is 401 g/mol. The predicted molar refractivity (Wildman–Crippen MR) is 114 cm³/mol. The summed E-state index contributed by atoms with van der Waals surface area (Å²) in [4.78, 5) is 24.1. The summed E-state index contributed by atoms with van der Waals surface area (Å²) in [7, 11) is 0.